The minimum Gasteiger partial charge on any atom is -0.496 e. The summed E-state index contributed by atoms with van der Waals surface area (Å²) in [5.74, 6) is 0.654. The maximum absolute atomic E-state index is 6.08. The highest BCUT2D eigenvalue weighted by Crippen LogP contribution is 2.21. The van der Waals surface area contributed by atoms with Gasteiger partial charge in [0.15, 0.2) is 0 Å². The molecule has 0 bridgehead atoms. The Morgan fingerprint density at radius 1 is 1.19 bits per heavy atom. The van der Waals surface area contributed by atoms with E-state index in [9.17, 15) is 0 Å². The minimum atomic E-state index is 0.315. The quantitative estimate of drug-likeness (QED) is 0.824. The van der Waals surface area contributed by atoms with Gasteiger partial charge in [0.1, 0.15) is 10.7 Å². The first kappa shape index (κ1) is 15.8. The van der Waals surface area contributed by atoms with Gasteiger partial charge < -0.3 is 15.2 Å². The van der Waals surface area contributed by atoms with Gasteiger partial charge in [-0.2, -0.15) is 0 Å². The van der Waals surface area contributed by atoms with Crippen molar-refractivity contribution in [1.82, 2.24) is 0 Å². The second kappa shape index (κ2) is 7.41. The largest absolute Gasteiger partial charge is 0.496 e. The summed E-state index contributed by atoms with van der Waals surface area (Å²) in [4.78, 5) is 0.315. The highest BCUT2D eigenvalue weighted by molar-refractivity contribution is 7.80. The summed E-state index contributed by atoms with van der Waals surface area (Å²) in [6.07, 6.45) is 0. The van der Waals surface area contributed by atoms with Crippen molar-refractivity contribution < 1.29 is 9.47 Å². The molecule has 110 valence electrons. The Morgan fingerprint density at radius 3 is 2.62 bits per heavy atom. The molecule has 3 nitrogen and oxygen atoms in total. The maximum atomic E-state index is 6.08. The zero-order valence-corrected chi connectivity index (χ0v) is 13.2. The van der Waals surface area contributed by atoms with Crippen LogP contribution >= 0.6 is 23.8 Å². The average Bonchev–Trinajstić information content (AvgIpc) is 2.48. The van der Waals surface area contributed by atoms with Crippen LogP contribution in [0.4, 0.5) is 0 Å². The molecule has 21 heavy (non-hydrogen) atoms. The number of benzene rings is 2. The number of methoxy groups -OCH3 is 1. The van der Waals surface area contributed by atoms with Gasteiger partial charge in [-0.05, 0) is 29.3 Å². The molecule has 0 aromatic heterocycles. The number of nitrogens with two attached hydrogens (primary N) is 1. The van der Waals surface area contributed by atoms with Crippen LogP contribution in [0.15, 0.2) is 42.5 Å². The lowest BCUT2D eigenvalue weighted by Gasteiger charge is -2.10. The van der Waals surface area contributed by atoms with Crippen LogP contribution in [-0.4, -0.2) is 12.1 Å². The lowest BCUT2D eigenvalue weighted by molar-refractivity contribution is 0.107. The molecule has 2 aromatic rings. The Balaban J connectivity index is 2.01. The van der Waals surface area contributed by atoms with Gasteiger partial charge in [-0.1, -0.05) is 48.1 Å². The summed E-state index contributed by atoms with van der Waals surface area (Å²) in [6, 6.07) is 13.3. The summed E-state index contributed by atoms with van der Waals surface area (Å²) in [5, 5.41) is 0.707. The van der Waals surface area contributed by atoms with E-state index in [-0.39, 0.29) is 0 Å². The predicted molar refractivity (Wildman–Crippen MR) is 88.8 cm³/mol. The molecule has 5 heteroatoms. The number of rotatable bonds is 6. The van der Waals surface area contributed by atoms with E-state index in [0.29, 0.717) is 29.0 Å². The number of hydrogen-bond acceptors (Lipinski definition) is 3. The van der Waals surface area contributed by atoms with Gasteiger partial charge in [0.25, 0.3) is 0 Å². The molecule has 0 atom stereocenters. The molecule has 0 radical (unpaired) electrons. The fourth-order valence-electron chi connectivity index (χ4n) is 1.92. The third kappa shape index (κ3) is 4.17. The highest BCUT2D eigenvalue weighted by atomic mass is 35.5. The minimum absolute atomic E-state index is 0.315. The smallest absolute Gasteiger partial charge is 0.129 e. The first-order valence-electron chi connectivity index (χ1n) is 6.39. The summed E-state index contributed by atoms with van der Waals surface area (Å²) in [6.45, 7) is 0.915. The second-order valence-electron chi connectivity index (χ2n) is 4.48. The molecule has 0 saturated heterocycles. The molecule has 0 aliphatic heterocycles. The van der Waals surface area contributed by atoms with Gasteiger partial charge in [0.2, 0.25) is 0 Å². The van der Waals surface area contributed by atoms with Crippen molar-refractivity contribution in [3.8, 4) is 5.75 Å². The lowest BCUT2D eigenvalue weighted by Crippen LogP contribution is -2.11. The van der Waals surface area contributed by atoms with Gasteiger partial charge in [-0.25, -0.2) is 0 Å². The Hall–Kier alpha value is -1.62. The highest BCUT2D eigenvalue weighted by Gasteiger charge is 2.07. The van der Waals surface area contributed by atoms with Crippen LogP contribution in [0.1, 0.15) is 16.7 Å². The van der Waals surface area contributed by atoms with Gasteiger partial charge in [0.05, 0.1) is 25.9 Å². The Bertz CT molecular complexity index is 646. The van der Waals surface area contributed by atoms with E-state index in [1.165, 1.54) is 0 Å². The molecule has 0 aliphatic rings. The van der Waals surface area contributed by atoms with E-state index in [2.05, 4.69) is 0 Å². The maximum Gasteiger partial charge on any atom is 0.129 e. The molecule has 2 aromatic carbocycles. The Labute approximate surface area is 134 Å². The number of halogens is 1. The third-order valence-electron chi connectivity index (χ3n) is 3.02. The zero-order valence-electron chi connectivity index (χ0n) is 11.6. The van der Waals surface area contributed by atoms with Gasteiger partial charge in [-0.15, -0.1) is 0 Å². The van der Waals surface area contributed by atoms with Crippen LogP contribution < -0.4 is 10.5 Å². The molecular weight excluding hydrogens is 306 g/mol. The number of thiocarbonyl (C=S) groups is 1. The first-order valence-corrected chi connectivity index (χ1v) is 7.18. The Kier molecular flexibility index (Phi) is 5.56. The normalized spacial score (nSPS) is 10.4. The van der Waals surface area contributed by atoms with Crippen molar-refractivity contribution in [2.45, 2.75) is 13.2 Å². The topological polar surface area (TPSA) is 44.5 Å². The van der Waals surface area contributed by atoms with E-state index >= 15 is 0 Å². The van der Waals surface area contributed by atoms with Crippen LogP contribution in [0.25, 0.3) is 0 Å². The van der Waals surface area contributed by atoms with E-state index in [0.717, 1.165) is 16.7 Å². The number of hydrogen-bond donors (Lipinski definition) is 1. The third-order valence-corrected chi connectivity index (χ3v) is 3.60. The summed E-state index contributed by atoms with van der Waals surface area (Å²) in [7, 11) is 1.59. The first-order chi connectivity index (χ1) is 10.1. The van der Waals surface area contributed by atoms with Crippen molar-refractivity contribution in [3.63, 3.8) is 0 Å². The van der Waals surface area contributed by atoms with Crippen LogP contribution in [0.2, 0.25) is 5.02 Å². The standard InChI is InChI=1S/C16H16ClNO2S/c1-19-15-8-11(6-7-13(15)16(18)21)9-20-10-12-4-2-3-5-14(12)17/h2-8H,9-10H2,1H3,(H2,18,21). The molecule has 0 heterocycles. The molecule has 0 amide bonds. The van der Waals surface area contributed by atoms with Crippen LogP contribution in [0, 0.1) is 0 Å². The van der Waals surface area contributed by atoms with Crippen molar-refractivity contribution >= 4 is 28.8 Å². The molecule has 0 spiro atoms. The summed E-state index contributed by atoms with van der Waals surface area (Å²) < 4.78 is 11.0. The molecule has 0 aliphatic carbocycles. The van der Waals surface area contributed by atoms with Gasteiger partial charge in [-0.3, -0.25) is 0 Å². The van der Waals surface area contributed by atoms with E-state index in [4.69, 9.17) is 39.0 Å². The van der Waals surface area contributed by atoms with Crippen molar-refractivity contribution in [2.24, 2.45) is 5.73 Å². The van der Waals surface area contributed by atoms with E-state index in [1.54, 1.807) is 7.11 Å². The van der Waals surface area contributed by atoms with Gasteiger partial charge in [0, 0.05) is 5.02 Å². The van der Waals surface area contributed by atoms with Crippen LogP contribution in [0.3, 0.4) is 0 Å². The molecule has 0 saturated carbocycles. The van der Waals surface area contributed by atoms with Gasteiger partial charge >= 0.3 is 0 Å². The van der Waals surface area contributed by atoms with Crippen LogP contribution in [-0.2, 0) is 18.0 Å². The average molecular weight is 322 g/mol. The molecular formula is C16H16ClNO2S. The fourth-order valence-corrected chi connectivity index (χ4v) is 2.28. The van der Waals surface area contributed by atoms with Crippen LogP contribution in [0.5, 0.6) is 5.75 Å². The monoisotopic (exact) mass is 321 g/mol. The van der Waals surface area contributed by atoms with Crippen molar-refractivity contribution in [3.05, 3.63) is 64.2 Å². The van der Waals surface area contributed by atoms with Crippen molar-refractivity contribution in [2.75, 3.05) is 7.11 Å². The molecule has 0 unspecified atom stereocenters. The molecule has 2 N–H and O–H groups in total. The Morgan fingerprint density at radius 2 is 1.95 bits per heavy atom. The predicted octanol–water partition coefficient (Wildman–Crippen LogP) is 3.70. The summed E-state index contributed by atoms with van der Waals surface area (Å²) >= 11 is 11.1. The summed E-state index contributed by atoms with van der Waals surface area (Å²) in [5.41, 5.74) is 8.31. The molecule has 2 rings (SSSR count). The zero-order chi connectivity index (χ0) is 15.2. The van der Waals surface area contributed by atoms with E-state index in [1.807, 2.05) is 42.5 Å². The van der Waals surface area contributed by atoms with Crippen molar-refractivity contribution in [1.29, 1.82) is 0 Å². The second-order valence-corrected chi connectivity index (χ2v) is 5.33. The lowest BCUT2D eigenvalue weighted by atomic mass is 10.1. The van der Waals surface area contributed by atoms with E-state index < -0.39 is 0 Å². The number of ether oxygens (including phenoxy) is 2. The SMILES string of the molecule is COc1cc(COCc2ccccc2Cl)ccc1C(N)=S. The molecule has 0 fully saturated rings. The fraction of sp³-hybridized carbons (Fsp3) is 0.188.